The Morgan fingerprint density at radius 2 is 1.72 bits per heavy atom. The van der Waals surface area contributed by atoms with Gasteiger partial charge in [0.1, 0.15) is 5.82 Å². The van der Waals surface area contributed by atoms with Gasteiger partial charge in [0.15, 0.2) is 0 Å². The molecular weight excluding hydrogens is 426 g/mol. The van der Waals surface area contributed by atoms with Gasteiger partial charge in [-0.2, -0.15) is 13.2 Å². The van der Waals surface area contributed by atoms with Crippen molar-refractivity contribution in [3.63, 3.8) is 0 Å². The molecule has 32 heavy (non-hydrogen) atoms. The number of halogens is 4. The van der Waals surface area contributed by atoms with Gasteiger partial charge in [-0.15, -0.1) is 0 Å². The SMILES string of the molecule is CN(CC(=O)N1CCC(CNC(=O)c2cc(F)cc(C(F)(F)F)c2)CC1)C1CCCCC1. The van der Waals surface area contributed by atoms with E-state index >= 15 is 0 Å². The van der Waals surface area contributed by atoms with Crippen LogP contribution in [0, 0.1) is 11.7 Å². The lowest BCUT2D eigenvalue weighted by atomic mass is 9.94. The molecule has 1 saturated heterocycles. The Bertz CT molecular complexity index is 801. The fourth-order valence-corrected chi connectivity index (χ4v) is 4.57. The first-order chi connectivity index (χ1) is 15.1. The monoisotopic (exact) mass is 457 g/mol. The van der Waals surface area contributed by atoms with E-state index in [2.05, 4.69) is 10.2 Å². The molecule has 2 fully saturated rings. The molecule has 1 aliphatic heterocycles. The maximum atomic E-state index is 13.5. The summed E-state index contributed by atoms with van der Waals surface area (Å²) in [5.74, 6) is -1.60. The van der Waals surface area contributed by atoms with Crippen molar-refractivity contribution >= 4 is 11.8 Å². The van der Waals surface area contributed by atoms with Crippen molar-refractivity contribution in [2.45, 2.75) is 57.2 Å². The molecule has 0 radical (unpaired) electrons. The van der Waals surface area contributed by atoms with Crippen molar-refractivity contribution in [2.24, 2.45) is 5.92 Å². The second-order valence-corrected chi connectivity index (χ2v) is 8.97. The maximum absolute atomic E-state index is 13.5. The van der Waals surface area contributed by atoms with Crippen LogP contribution in [-0.4, -0.2) is 60.9 Å². The first-order valence-corrected chi connectivity index (χ1v) is 11.3. The van der Waals surface area contributed by atoms with E-state index in [-0.39, 0.29) is 23.9 Å². The fourth-order valence-electron chi connectivity index (χ4n) is 4.57. The van der Waals surface area contributed by atoms with Crippen molar-refractivity contribution in [3.05, 3.63) is 35.1 Å². The van der Waals surface area contributed by atoms with Gasteiger partial charge in [0.05, 0.1) is 12.1 Å². The van der Waals surface area contributed by atoms with Crippen molar-refractivity contribution < 1.29 is 27.2 Å². The zero-order valence-electron chi connectivity index (χ0n) is 18.4. The van der Waals surface area contributed by atoms with Gasteiger partial charge in [-0.25, -0.2) is 4.39 Å². The summed E-state index contributed by atoms with van der Waals surface area (Å²) in [7, 11) is 2.01. The van der Waals surface area contributed by atoms with Crippen LogP contribution < -0.4 is 5.32 Å². The molecule has 2 amide bonds. The summed E-state index contributed by atoms with van der Waals surface area (Å²) in [6.07, 6.45) is 2.67. The number of benzene rings is 1. The van der Waals surface area contributed by atoms with E-state index in [9.17, 15) is 27.2 Å². The van der Waals surface area contributed by atoms with Gasteiger partial charge in [0.25, 0.3) is 5.91 Å². The third kappa shape index (κ3) is 6.67. The molecule has 1 saturated carbocycles. The molecule has 0 spiro atoms. The Morgan fingerprint density at radius 1 is 1.06 bits per heavy atom. The van der Waals surface area contributed by atoms with E-state index in [1.165, 1.54) is 19.3 Å². The largest absolute Gasteiger partial charge is 0.416 e. The maximum Gasteiger partial charge on any atom is 0.416 e. The predicted octanol–water partition coefficient (Wildman–Crippen LogP) is 4.08. The number of carbonyl (C=O) groups excluding carboxylic acids is 2. The number of hydrogen-bond donors (Lipinski definition) is 1. The van der Waals surface area contributed by atoms with E-state index < -0.39 is 23.5 Å². The average Bonchev–Trinajstić information content (AvgIpc) is 2.77. The quantitative estimate of drug-likeness (QED) is 0.655. The summed E-state index contributed by atoms with van der Waals surface area (Å²) >= 11 is 0. The van der Waals surface area contributed by atoms with Gasteiger partial charge < -0.3 is 10.2 Å². The molecule has 1 N–H and O–H groups in total. The molecule has 1 heterocycles. The molecular formula is C23H31F4N3O2. The third-order valence-corrected chi connectivity index (χ3v) is 6.59. The minimum Gasteiger partial charge on any atom is -0.352 e. The van der Waals surface area contributed by atoms with Crippen LogP contribution in [0.2, 0.25) is 0 Å². The highest BCUT2D eigenvalue weighted by Crippen LogP contribution is 2.30. The van der Waals surface area contributed by atoms with Gasteiger partial charge >= 0.3 is 6.18 Å². The van der Waals surface area contributed by atoms with Gasteiger partial charge in [-0.3, -0.25) is 14.5 Å². The third-order valence-electron chi connectivity index (χ3n) is 6.59. The van der Waals surface area contributed by atoms with Crippen LogP contribution in [0.1, 0.15) is 60.9 Å². The second-order valence-electron chi connectivity index (χ2n) is 8.97. The zero-order valence-corrected chi connectivity index (χ0v) is 18.4. The highest BCUT2D eigenvalue weighted by molar-refractivity contribution is 5.94. The minimum absolute atomic E-state index is 0.111. The highest BCUT2D eigenvalue weighted by Gasteiger charge is 2.32. The van der Waals surface area contributed by atoms with Crippen molar-refractivity contribution in [3.8, 4) is 0 Å². The van der Waals surface area contributed by atoms with Crippen LogP contribution >= 0.6 is 0 Å². The Kier molecular flexibility index (Phi) is 8.14. The summed E-state index contributed by atoms with van der Waals surface area (Å²) < 4.78 is 52.0. The fraction of sp³-hybridized carbons (Fsp3) is 0.652. The van der Waals surface area contributed by atoms with Gasteiger partial charge in [-0.1, -0.05) is 19.3 Å². The molecule has 3 rings (SSSR count). The number of nitrogens with one attached hydrogen (secondary N) is 1. The van der Waals surface area contributed by atoms with Gasteiger partial charge in [0, 0.05) is 31.2 Å². The summed E-state index contributed by atoms with van der Waals surface area (Å²) in [6.45, 7) is 1.88. The van der Waals surface area contributed by atoms with E-state index in [1.807, 2.05) is 11.9 Å². The number of piperidine rings is 1. The van der Waals surface area contributed by atoms with E-state index in [1.54, 1.807) is 0 Å². The Balaban J connectivity index is 1.43. The van der Waals surface area contributed by atoms with E-state index in [0.29, 0.717) is 50.7 Å². The number of amides is 2. The van der Waals surface area contributed by atoms with Crippen molar-refractivity contribution in [1.29, 1.82) is 0 Å². The Morgan fingerprint density at radius 3 is 2.34 bits per heavy atom. The van der Waals surface area contributed by atoms with E-state index in [0.717, 1.165) is 18.9 Å². The van der Waals surface area contributed by atoms with Crippen LogP contribution in [0.4, 0.5) is 17.6 Å². The summed E-state index contributed by atoms with van der Waals surface area (Å²) in [5.41, 5.74) is -1.54. The number of likely N-dealkylation sites (N-methyl/N-ethyl adjacent to an activating group) is 1. The normalized spacial score (nSPS) is 18.8. The van der Waals surface area contributed by atoms with Crippen LogP contribution in [0.3, 0.4) is 0 Å². The van der Waals surface area contributed by atoms with Crippen LogP contribution in [0.5, 0.6) is 0 Å². The first-order valence-electron chi connectivity index (χ1n) is 11.3. The molecule has 1 aromatic rings. The van der Waals surface area contributed by atoms with Gasteiger partial charge in [0.2, 0.25) is 5.91 Å². The van der Waals surface area contributed by atoms with Crippen LogP contribution in [0.25, 0.3) is 0 Å². The second kappa shape index (κ2) is 10.6. The smallest absolute Gasteiger partial charge is 0.352 e. The molecule has 1 aromatic carbocycles. The summed E-state index contributed by atoms with van der Waals surface area (Å²) in [6, 6.07) is 2.30. The Labute approximate surface area is 186 Å². The number of nitrogens with zero attached hydrogens (tertiary/aromatic N) is 2. The average molecular weight is 458 g/mol. The van der Waals surface area contributed by atoms with Crippen molar-refractivity contribution in [2.75, 3.05) is 33.2 Å². The number of carbonyl (C=O) groups is 2. The molecule has 9 heteroatoms. The molecule has 0 aromatic heterocycles. The molecule has 0 unspecified atom stereocenters. The van der Waals surface area contributed by atoms with Crippen LogP contribution in [0.15, 0.2) is 18.2 Å². The number of rotatable bonds is 6. The molecule has 0 atom stereocenters. The van der Waals surface area contributed by atoms with Crippen LogP contribution in [-0.2, 0) is 11.0 Å². The lowest BCUT2D eigenvalue weighted by Gasteiger charge is -2.35. The lowest BCUT2D eigenvalue weighted by molar-refractivity contribution is -0.138. The highest BCUT2D eigenvalue weighted by atomic mass is 19.4. The van der Waals surface area contributed by atoms with Crippen molar-refractivity contribution in [1.82, 2.24) is 15.1 Å². The zero-order chi connectivity index (χ0) is 23.3. The number of likely N-dealkylation sites (tertiary alicyclic amines) is 1. The first kappa shape index (κ1) is 24.5. The summed E-state index contributed by atoms with van der Waals surface area (Å²) in [4.78, 5) is 28.9. The molecule has 0 bridgehead atoms. The predicted molar refractivity (Wildman–Crippen MR) is 113 cm³/mol. The number of hydrogen-bond acceptors (Lipinski definition) is 3. The minimum atomic E-state index is -4.72. The molecule has 2 aliphatic rings. The number of alkyl halides is 3. The van der Waals surface area contributed by atoms with E-state index in [4.69, 9.17) is 0 Å². The Hall–Kier alpha value is -2.16. The standard InChI is InChI=1S/C23H31F4N3O2/c1-29(20-5-3-2-4-6-20)15-21(31)30-9-7-16(8-10-30)14-28-22(32)17-11-18(23(25,26)27)13-19(24)12-17/h11-13,16,20H,2-10,14-15H2,1H3,(H,28,32). The molecule has 1 aliphatic carbocycles. The topological polar surface area (TPSA) is 52.7 Å². The molecule has 178 valence electrons. The van der Waals surface area contributed by atoms with Gasteiger partial charge in [-0.05, 0) is 56.8 Å². The molecule has 5 nitrogen and oxygen atoms in total. The lowest BCUT2D eigenvalue weighted by Crippen LogP contribution is -2.47. The summed E-state index contributed by atoms with van der Waals surface area (Å²) in [5, 5.41) is 2.61.